The molecule has 0 heterocycles. The average molecular weight is 367 g/mol. The number of para-hydroxylation sites is 1. The molecule has 2 aromatic rings. The first-order valence-corrected chi connectivity index (χ1v) is 8.18. The van der Waals surface area contributed by atoms with Gasteiger partial charge >= 0.3 is 5.97 Å². The van der Waals surface area contributed by atoms with Gasteiger partial charge in [0.25, 0.3) is 16.0 Å². The summed E-state index contributed by atoms with van der Waals surface area (Å²) in [7, 11) is -4.88. The lowest BCUT2D eigenvalue weighted by Crippen LogP contribution is -2.15. The van der Waals surface area contributed by atoms with Crippen molar-refractivity contribution in [3.8, 4) is 11.5 Å². The lowest BCUT2D eigenvalue weighted by atomic mass is 10.1. The van der Waals surface area contributed by atoms with Gasteiger partial charge in [-0.1, -0.05) is 18.2 Å². The van der Waals surface area contributed by atoms with Crippen LogP contribution in [-0.2, 0) is 21.3 Å². The minimum absolute atomic E-state index is 0.131. The molecule has 0 aliphatic rings. The van der Waals surface area contributed by atoms with E-state index >= 15 is 0 Å². The number of nitrogens with one attached hydrogen (secondary N) is 1. The van der Waals surface area contributed by atoms with Crippen LogP contribution < -0.4 is 5.32 Å². The topological polar surface area (TPSA) is 161 Å². The van der Waals surface area contributed by atoms with Crippen LogP contribution in [0, 0.1) is 0 Å². The molecule has 10 heteroatoms. The first-order valence-electron chi connectivity index (χ1n) is 6.74. The molecule has 5 N–H and O–H groups in total. The van der Waals surface area contributed by atoms with E-state index in [2.05, 4.69) is 5.32 Å². The number of rotatable bonds is 5. The smallest absolute Gasteiger partial charge is 0.307 e. The predicted molar refractivity (Wildman–Crippen MR) is 85.3 cm³/mol. The fraction of sp³-hybridized carbons (Fsp3) is 0.0667. The summed E-state index contributed by atoms with van der Waals surface area (Å²) in [4.78, 5) is 22.1. The van der Waals surface area contributed by atoms with E-state index in [0.29, 0.717) is 6.07 Å². The highest BCUT2D eigenvalue weighted by Gasteiger charge is 2.24. The van der Waals surface area contributed by atoms with Crippen LogP contribution >= 0.6 is 0 Å². The van der Waals surface area contributed by atoms with Gasteiger partial charge in [0.1, 0.15) is 16.4 Å². The number of phenols is 2. The van der Waals surface area contributed by atoms with E-state index in [1.807, 2.05) is 0 Å². The van der Waals surface area contributed by atoms with Crippen LogP contribution in [0.4, 0.5) is 5.69 Å². The number of carbonyl (C=O) groups is 2. The number of carbonyl (C=O) groups excluding carboxylic acids is 1. The Labute approximate surface area is 141 Å². The van der Waals surface area contributed by atoms with Crippen molar-refractivity contribution in [2.24, 2.45) is 0 Å². The molecule has 1 amide bonds. The molecule has 0 radical (unpaired) electrons. The van der Waals surface area contributed by atoms with E-state index in [1.165, 1.54) is 18.2 Å². The van der Waals surface area contributed by atoms with E-state index in [9.17, 15) is 28.2 Å². The molecule has 0 aliphatic heterocycles. The van der Waals surface area contributed by atoms with E-state index < -0.39 is 44.0 Å². The molecule has 0 aliphatic carbocycles. The van der Waals surface area contributed by atoms with Gasteiger partial charge in [0.2, 0.25) is 0 Å². The zero-order valence-corrected chi connectivity index (χ0v) is 13.3. The van der Waals surface area contributed by atoms with Gasteiger partial charge in [0.15, 0.2) is 0 Å². The van der Waals surface area contributed by atoms with E-state index in [4.69, 9.17) is 9.66 Å². The Bertz CT molecular complexity index is 952. The number of benzene rings is 2. The number of carboxylic acid groups (broad SMARTS) is 1. The van der Waals surface area contributed by atoms with Crippen LogP contribution in [0.1, 0.15) is 15.9 Å². The van der Waals surface area contributed by atoms with Gasteiger partial charge in [-0.15, -0.1) is 0 Å². The molecular weight excluding hydrogens is 354 g/mol. The minimum Gasteiger partial charge on any atom is -0.508 e. The highest BCUT2D eigenvalue weighted by molar-refractivity contribution is 7.86. The fourth-order valence-corrected chi connectivity index (χ4v) is 2.74. The molecule has 0 fully saturated rings. The summed E-state index contributed by atoms with van der Waals surface area (Å²) in [6.07, 6.45) is -0.376. The van der Waals surface area contributed by atoms with Crippen molar-refractivity contribution in [2.75, 3.05) is 5.32 Å². The number of carboxylic acids is 1. The molecule has 2 rings (SSSR count). The first kappa shape index (κ1) is 18.2. The summed E-state index contributed by atoms with van der Waals surface area (Å²) < 4.78 is 31.4. The van der Waals surface area contributed by atoms with Crippen molar-refractivity contribution >= 4 is 27.7 Å². The van der Waals surface area contributed by atoms with Crippen molar-refractivity contribution in [1.82, 2.24) is 0 Å². The second kappa shape index (κ2) is 6.79. The van der Waals surface area contributed by atoms with E-state index in [-0.39, 0.29) is 17.7 Å². The zero-order valence-electron chi connectivity index (χ0n) is 12.5. The maximum Gasteiger partial charge on any atom is 0.307 e. The van der Waals surface area contributed by atoms with Crippen molar-refractivity contribution in [2.45, 2.75) is 11.3 Å². The van der Waals surface area contributed by atoms with Crippen LogP contribution in [0.5, 0.6) is 11.5 Å². The lowest BCUT2D eigenvalue weighted by molar-refractivity contribution is -0.136. The molecule has 0 unspecified atom stereocenters. The Morgan fingerprint density at radius 1 is 1.08 bits per heavy atom. The highest BCUT2D eigenvalue weighted by atomic mass is 32.2. The van der Waals surface area contributed by atoms with Crippen molar-refractivity contribution in [3.63, 3.8) is 0 Å². The Morgan fingerprint density at radius 3 is 2.32 bits per heavy atom. The Kier molecular flexibility index (Phi) is 4.95. The van der Waals surface area contributed by atoms with E-state index in [1.54, 1.807) is 6.07 Å². The largest absolute Gasteiger partial charge is 0.508 e. The summed E-state index contributed by atoms with van der Waals surface area (Å²) in [5.41, 5.74) is -0.207. The Hall–Kier alpha value is -3.11. The molecule has 0 aromatic heterocycles. The number of phenolic OH excluding ortho intramolecular Hbond substituents is 2. The molecule has 132 valence electrons. The maximum atomic E-state index is 12.3. The third kappa shape index (κ3) is 4.25. The molecule has 0 spiro atoms. The fourth-order valence-electron chi connectivity index (χ4n) is 2.11. The molecule has 0 saturated carbocycles. The van der Waals surface area contributed by atoms with Crippen LogP contribution in [0.3, 0.4) is 0 Å². The molecule has 9 nitrogen and oxygen atoms in total. The second-order valence-electron chi connectivity index (χ2n) is 5.00. The number of aliphatic carboxylic acids is 1. The molecule has 0 saturated heterocycles. The van der Waals surface area contributed by atoms with Gasteiger partial charge in [-0.05, 0) is 17.7 Å². The van der Waals surface area contributed by atoms with Gasteiger partial charge in [-0.25, -0.2) is 0 Å². The molecular formula is C15H13NO8S. The van der Waals surface area contributed by atoms with Gasteiger partial charge < -0.3 is 20.6 Å². The number of hydrogen-bond acceptors (Lipinski definition) is 6. The van der Waals surface area contributed by atoms with E-state index in [0.717, 1.165) is 6.07 Å². The SMILES string of the molecule is O=C(O)Cc1ccccc1NC(=O)c1cc(O)cc(S(=O)(=O)O)c1O. The number of amides is 1. The van der Waals surface area contributed by atoms with Crippen LogP contribution in [0.15, 0.2) is 41.3 Å². The zero-order chi connectivity index (χ0) is 18.8. The van der Waals surface area contributed by atoms with Crippen molar-refractivity contribution in [1.29, 1.82) is 0 Å². The van der Waals surface area contributed by atoms with Gasteiger partial charge in [-0.3, -0.25) is 14.1 Å². The summed E-state index contributed by atoms with van der Waals surface area (Å²) in [6, 6.07) is 7.37. The number of hydrogen-bond donors (Lipinski definition) is 5. The molecule has 25 heavy (non-hydrogen) atoms. The molecule has 2 aromatic carbocycles. The Balaban J connectivity index is 2.44. The maximum absolute atomic E-state index is 12.3. The molecule has 0 bridgehead atoms. The van der Waals surface area contributed by atoms with Crippen LogP contribution in [0.2, 0.25) is 0 Å². The normalized spacial score (nSPS) is 11.1. The third-order valence-corrected chi connectivity index (χ3v) is 4.06. The quantitative estimate of drug-likeness (QED) is 0.389. The standard InChI is InChI=1S/C15H13NO8S/c17-9-6-10(14(20)12(7-9)25(22,23)24)15(21)16-11-4-2-1-3-8(11)5-13(18)19/h1-4,6-7,17,20H,5H2,(H,16,21)(H,18,19)(H,22,23,24). The monoisotopic (exact) mass is 367 g/mol. The van der Waals surface area contributed by atoms with Crippen molar-refractivity contribution in [3.05, 3.63) is 47.5 Å². The van der Waals surface area contributed by atoms with Crippen molar-refractivity contribution < 1.29 is 37.9 Å². The van der Waals surface area contributed by atoms with Gasteiger partial charge in [0, 0.05) is 11.8 Å². The van der Waals surface area contributed by atoms with Crippen LogP contribution in [0.25, 0.3) is 0 Å². The average Bonchev–Trinajstić information content (AvgIpc) is 2.49. The Morgan fingerprint density at radius 2 is 1.72 bits per heavy atom. The number of anilines is 1. The third-order valence-electron chi connectivity index (χ3n) is 3.19. The summed E-state index contributed by atoms with van der Waals surface area (Å²) in [5.74, 6) is -3.85. The van der Waals surface area contributed by atoms with Gasteiger partial charge in [-0.2, -0.15) is 8.42 Å². The summed E-state index contributed by atoms with van der Waals surface area (Å²) in [5, 5.41) is 30.6. The second-order valence-corrected chi connectivity index (χ2v) is 6.39. The first-order chi connectivity index (χ1) is 11.6. The van der Waals surface area contributed by atoms with Crippen LogP contribution in [-0.4, -0.2) is 40.2 Å². The predicted octanol–water partition coefficient (Wildman–Crippen LogP) is 1.22. The number of aromatic hydroxyl groups is 2. The molecule has 0 atom stereocenters. The highest BCUT2D eigenvalue weighted by Crippen LogP contribution is 2.32. The lowest BCUT2D eigenvalue weighted by Gasteiger charge is -2.12. The summed E-state index contributed by atoms with van der Waals surface area (Å²) >= 11 is 0. The summed E-state index contributed by atoms with van der Waals surface area (Å²) in [6.45, 7) is 0. The minimum atomic E-state index is -4.88. The van der Waals surface area contributed by atoms with Gasteiger partial charge in [0.05, 0.1) is 12.0 Å².